The number of imide groups is 1. The summed E-state index contributed by atoms with van der Waals surface area (Å²) in [5.41, 5.74) is -0.236. The normalized spacial score (nSPS) is 17.8. The Morgan fingerprint density at radius 3 is 2.24 bits per heavy atom. The predicted octanol–water partition coefficient (Wildman–Crippen LogP) is 4.69. The SMILES string of the molecule is COc1cc(CNC(=O)[C@@]2(Cc3ccccc3Cl)OC(=O)N([C@H](C)c3ccccc3)C2=O)cc(OC)c1. The average molecular weight is 523 g/mol. The van der Waals surface area contributed by atoms with Crippen LogP contribution in [0.5, 0.6) is 11.5 Å². The van der Waals surface area contributed by atoms with E-state index in [4.69, 9.17) is 25.8 Å². The van der Waals surface area contributed by atoms with E-state index in [1.54, 1.807) is 61.5 Å². The second-order valence-electron chi connectivity index (χ2n) is 8.63. The van der Waals surface area contributed by atoms with E-state index in [0.29, 0.717) is 27.6 Å². The first kappa shape index (κ1) is 26.0. The number of hydrogen-bond acceptors (Lipinski definition) is 6. The van der Waals surface area contributed by atoms with Gasteiger partial charge in [0.15, 0.2) is 0 Å². The van der Waals surface area contributed by atoms with E-state index in [-0.39, 0.29) is 13.0 Å². The smallest absolute Gasteiger partial charge is 0.418 e. The highest BCUT2D eigenvalue weighted by Gasteiger charge is 2.60. The average Bonchev–Trinajstić information content (AvgIpc) is 3.17. The molecule has 37 heavy (non-hydrogen) atoms. The largest absolute Gasteiger partial charge is 0.497 e. The molecular weight excluding hydrogens is 496 g/mol. The lowest BCUT2D eigenvalue weighted by atomic mass is 9.91. The lowest BCUT2D eigenvalue weighted by molar-refractivity contribution is -0.150. The van der Waals surface area contributed by atoms with E-state index in [1.165, 1.54) is 14.2 Å². The van der Waals surface area contributed by atoms with Gasteiger partial charge in [0.25, 0.3) is 17.4 Å². The molecule has 3 amide bonds. The zero-order chi connectivity index (χ0) is 26.6. The number of rotatable bonds is 9. The third-order valence-corrected chi connectivity index (χ3v) is 6.69. The van der Waals surface area contributed by atoms with Crippen molar-refractivity contribution in [2.45, 2.75) is 31.5 Å². The Balaban J connectivity index is 1.67. The van der Waals surface area contributed by atoms with Crippen LogP contribution in [-0.4, -0.2) is 42.6 Å². The molecule has 0 bridgehead atoms. The minimum atomic E-state index is -2.13. The highest BCUT2D eigenvalue weighted by Crippen LogP contribution is 2.36. The number of amides is 3. The fraction of sp³-hybridized carbons (Fsp3) is 0.250. The third kappa shape index (κ3) is 5.24. The van der Waals surface area contributed by atoms with Crippen LogP contribution >= 0.6 is 11.6 Å². The number of carbonyl (C=O) groups is 3. The molecule has 1 aliphatic heterocycles. The van der Waals surface area contributed by atoms with Gasteiger partial charge in [-0.15, -0.1) is 0 Å². The topological polar surface area (TPSA) is 94.2 Å². The summed E-state index contributed by atoms with van der Waals surface area (Å²) in [5.74, 6) is -0.425. The molecule has 3 aromatic rings. The van der Waals surface area contributed by atoms with Gasteiger partial charge in [-0.05, 0) is 41.8 Å². The molecule has 1 saturated heterocycles. The molecule has 9 heteroatoms. The molecular formula is C28H27ClN2O6. The Labute approximate surface area is 220 Å². The summed E-state index contributed by atoms with van der Waals surface area (Å²) in [4.78, 5) is 41.6. The Morgan fingerprint density at radius 2 is 1.62 bits per heavy atom. The Hall–Kier alpha value is -4.04. The van der Waals surface area contributed by atoms with E-state index in [9.17, 15) is 14.4 Å². The Bertz CT molecular complexity index is 1290. The summed E-state index contributed by atoms with van der Waals surface area (Å²) in [6.07, 6.45) is -1.12. The molecule has 0 aliphatic carbocycles. The molecule has 0 saturated carbocycles. The maximum Gasteiger partial charge on any atom is 0.418 e. The van der Waals surface area contributed by atoms with Crippen molar-refractivity contribution < 1.29 is 28.6 Å². The van der Waals surface area contributed by atoms with Gasteiger partial charge in [0.1, 0.15) is 11.5 Å². The van der Waals surface area contributed by atoms with Crippen molar-refractivity contribution in [2.75, 3.05) is 14.2 Å². The molecule has 1 heterocycles. The molecule has 1 fully saturated rings. The van der Waals surface area contributed by atoms with Crippen molar-refractivity contribution in [2.24, 2.45) is 0 Å². The van der Waals surface area contributed by atoms with Crippen LogP contribution in [0.25, 0.3) is 0 Å². The lowest BCUT2D eigenvalue weighted by Gasteiger charge is -2.26. The lowest BCUT2D eigenvalue weighted by Crippen LogP contribution is -2.55. The number of ether oxygens (including phenoxy) is 3. The van der Waals surface area contributed by atoms with Crippen LogP contribution in [0.1, 0.15) is 29.7 Å². The Kier molecular flexibility index (Phi) is 7.69. The van der Waals surface area contributed by atoms with Gasteiger partial charge in [0.05, 0.1) is 20.3 Å². The quantitative estimate of drug-likeness (QED) is 0.410. The first-order valence-corrected chi connectivity index (χ1v) is 12.0. The van der Waals surface area contributed by atoms with Gasteiger partial charge in [-0.3, -0.25) is 9.59 Å². The van der Waals surface area contributed by atoms with Crippen molar-refractivity contribution in [1.82, 2.24) is 10.2 Å². The maximum absolute atomic E-state index is 13.9. The van der Waals surface area contributed by atoms with Crippen molar-refractivity contribution in [1.29, 1.82) is 0 Å². The number of carbonyl (C=O) groups excluding carboxylic acids is 3. The van der Waals surface area contributed by atoms with E-state index < -0.39 is 29.6 Å². The molecule has 4 rings (SSSR count). The van der Waals surface area contributed by atoms with Crippen LogP contribution in [0, 0.1) is 0 Å². The minimum absolute atomic E-state index is 0.0374. The number of cyclic esters (lactones) is 1. The van der Waals surface area contributed by atoms with Crippen molar-refractivity contribution in [3.63, 3.8) is 0 Å². The molecule has 3 aromatic carbocycles. The van der Waals surface area contributed by atoms with E-state index in [2.05, 4.69) is 5.32 Å². The highest BCUT2D eigenvalue weighted by molar-refractivity contribution is 6.31. The van der Waals surface area contributed by atoms with E-state index >= 15 is 0 Å². The third-order valence-electron chi connectivity index (χ3n) is 6.32. The van der Waals surface area contributed by atoms with Crippen LogP contribution in [0.2, 0.25) is 5.02 Å². The first-order valence-electron chi connectivity index (χ1n) is 11.6. The van der Waals surface area contributed by atoms with Crippen LogP contribution in [0.4, 0.5) is 4.79 Å². The maximum atomic E-state index is 13.9. The van der Waals surface area contributed by atoms with Gasteiger partial charge in [-0.2, -0.15) is 0 Å². The monoisotopic (exact) mass is 522 g/mol. The minimum Gasteiger partial charge on any atom is -0.497 e. The molecule has 1 N–H and O–H groups in total. The second-order valence-corrected chi connectivity index (χ2v) is 9.04. The highest BCUT2D eigenvalue weighted by atomic mass is 35.5. The molecule has 2 atom stereocenters. The van der Waals surface area contributed by atoms with Crippen LogP contribution < -0.4 is 14.8 Å². The molecule has 0 radical (unpaired) electrons. The molecule has 0 unspecified atom stereocenters. The van der Waals surface area contributed by atoms with Gasteiger partial charge >= 0.3 is 6.09 Å². The van der Waals surface area contributed by atoms with Gasteiger partial charge < -0.3 is 19.5 Å². The number of nitrogens with one attached hydrogen (secondary N) is 1. The van der Waals surface area contributed by atoms with Crippen molar-refractivity contribution in [3.8, 4) is 11.5 Å². The van der Waals surface area contributed by atoms with Crippen molar-refractivity contribution >= 4 is 29.5 Å². The van der Waals surface area contributed by atoms with E-state index in [0.717, 1.165) is 10.5 Å². The van der Waals surface area contributed by atoms with Gasteiger partial charge in [0, 0.05) is 24.1 Å². The molecule has 192 valence electrons. The number of hydrogen-bond donors (Lipinski definition) is 1. The second kappa shape index (κ2) is 10.9. The number of halogens is 1. The summed E-state index contributed by atoms with van der Waals surface area (Å²) >= 11 is 6.36. The van der Waals surface area contributed by atoms with Crippen LogP contribution in [0.3, 0.4) is 0 Å². The number of nitrogens with zero attached hydrogens (tertiary/aromatic N) is 1. The zero-order valence-electron chi connectivity index (χ0n) is 20.7. The fourth-order valence-electron chi connectivity index (χ4n) is 4.27. The Morgan fingerprint density at radius 1 is 1.00 bits per heavy atom. The number of benzene rings is 3. The summed E-state index contributed by atoms with van der Waals surface area (Å²) in [6.45, 7) is 1.75. The van der Waals surface area contributed by atoms with E-state index in [1.807, 2.05) is 18.2 Å². The molecule has 1 aliphatic rings. The summed E-state index contributed by atoms with van der Waals surface area (Å²) in [6, 6.07) is 20.4. The van der Waals surface area contributed by atoms with Gasteiger partial charge in [-0.25, -0.2) is 9.69 Å². The summed E-state index contributed by atoms with van der Waals surface area (Å²) in [7, 11) is 3.05. The first-order chi connectivity index (χ1) is 17.8. The molecule has 8 nitrogen and oxygen atoms in total. The van der Waals surface area contributed by atoms with Crippen molar-refractivity contribution in [3.05, 3.63) is 94.5 Å². The standard InChI is InChI=1S/C28H27ClN2O6/c1-18(20-9-5-4-6-10-20)31-26(33)28(37-27(31)34,16-21-11-7-8-12-24(21)29)25(32)30-17-19-13-22(35-2)15-23(14-19)36-3/h4-15,18H,16-17H2,1-3H3,(H,30,32)/t18-,28-/m1/s1. The summed E-state index contributed by atoms with van der Waals surface area (Å²) < 4.78 is 16.2. The summed E-state index contributed by atoms with van der Waals surface area (Å²) in [5, 5.41) is 3.11. The van der Waals surface area contributed by atoms with Crippen LogP contribution in [0.15, 0.2) is 72.8 Å². The molecule has 0 aromatic heterocycles. The van der Waals surface area contributed by atoms with Gasteiger partial charge in [0.2, 0.25) is 0 Å². The van der Waals surface area contributed by atoms with Gasteiger partial charge in [-0.1, -0.05) is 60.1 Å². The van der Waals surface area contributed by atoms with Crippen LogP contribution in [-0.2, 0) is 27.3 Å². The molecule has 0 spiro atoms. The number of methoxy groups -OCH3 is 2. The zero-order valence-corrected chi connectivity index (χ0v) is 21.5. The predicted molar refractivity (Wildman–Crippen MR) is 137 cm³/mol. The fourth-order valence-corrected chi connectivity index (χ4v) is 4.48.